The second-order valence-electron chi connectivity index (χ2n) is 7.65. The van der Waals surface area contributed by atoms with Gasteiger partial charge < -0.3 is 14.0 Å². The van der Waals surface area contributed by atoms with E-state index in [4.69, 9.17) is 14.0 Å². The van der Waals surface area contributed by atoms with Crippen molar-refractivity contribution in [3.63, 3.8) is 0 Å². The molecule has 0 saturated carbocycles. The van der Waals surface area contributed by atoms with E-state index in [2.05, 4.69) is 14.9 Å². The quantitative estimate of drug-likeness (QED) is 0.383. The van der Waals surface area contributed by atoms with Crippen molar-refractivity contribution in [2.24, 2.45) is 0 Å². The summed E-state index contributed by atoms with van der Waals surface area (Å²) >= 11 is 0. The molecular weight excluding hydrogens is 454 g/mol. The highest BCUT2D eigenvalue weighted by Crippen LogP contribution is 2.28. The minimum atomic E-state index is -3.74. The molecule has 0 atom stereocenters. The summed E-state index contributed by atoms with van der Waals surface area (Å²) in [6, 6.07) is 19.7. The normalized spacial score (nSPS) is 11.4. The van der Waals surface area contributed by atoms with Gasteiger partial charge in [0, 0.05) is 17.7 Å². The molecule has 1 heterocycles. The monoisotopic (exact) mass is 479 g/mol. The van der Waals surface area contributed by atoms with E-state index in [1.807, 2.05) is 43.3 Å². The summed E-state index contributed by atoms with van der Waals surface area (Å²) in [6.45, 7) is 2.22. The Hall–Kier alpha value is -3.69. The molecule has 34 heavy (non-hydrogen) atoms. The van der Waals surface area contributed by atoms with E-state index in [0.717, 1.165) is 16.7 Å². The van der Waals surface area contributed by atoms with Gasteiger partial charge in [-0.15, -0.1) is 0 Å². The molecule has 0 saturated heterocycles. The molecular formula is C25H25N3O5S. The molecule has 9 heteroatoms. The number of aromatic nitrogens is 2. The number of sulfonamides is 1. The van der Waals surface area contributed by atoms with Gasteiger partial charge in [0.2, 0.25) is 15.8 Å². The van der Waals surface area contributed by atoms with E-state index in [9.17, 15) is 8.42 Å². The van der Waals surface area contributed by atoms with Gasteiger partial charge in [-0.05, 0) is 49.2 Å². The number of rotatable bonds is 9. The van der Waals surface area contributed by atoms with Gasteiger partial charge in [0.15, 0.2) is 11.5 Å². The van der Waals surface area contributed by atoms with Crippen molar-refractivity contribution in [2.75, 3.05) is 20.8 Å². The van der Waals surface area contributed by atoms with Crippen LogP contribution in [0.2, 0.25) is 0 Å². The first-order chi connectivity index (χ1) is 16.4. The lowest BCUT2D eigenvalue weighted by Gasteiger charge is -2.10. The van der Waals surface area contributed by atoms with Gasteiger partial charge in [0.25, 0.3) is 5.89 Å². The number of nitrogens with zero attached hydrogens (tertiary/aromatic N) is 2. The first kappa shape index (κ1) is 23.5. The van der Waals surface area contributed by atoms with Crippen molar-refractivity contribution in [1.29, 1.82) is 0 Å². The molecule has 0 fully saturated rings. The first-order valence-electron chi connectivity index (χ1n) is 10.6. The van der Waals surface area contributed by atoms with Crippen LogP contribution in [0.25, 0.3) is 22.8 Å². The number of methoxy groups -OCH3 is 2. The third-order valence-electron chi connectivity index (χ3n) is 5.28. The lowest BCUT2D eigenvalue weighted by Crippen LogP contribution is -2.26. The molecule has 0 amide bonds. The van der Waals surface area contributed by atoms with Crippen LogP contribution in [0.1, 0.15) is 11.1 Å². The summed E-state index contributed by atoms with van der Waals surface area (Å²) < 4.78 is 44.3. The molecule has 0 aliphatic rings. The zero-order chi connectivity index (χ0) is 24.1. The number of hydrogen-bond acceptors (Lipinski definition) is 7. The van der Waals surface area contributed by atoms with Crippen molar-refractivity contribution >= 4 is 10.0 Å². The Morgan fingerprint density at radius 3 is 2.41 bits per heavy atom. The van der Waals surface area contributed by atoms with Crippen LogP contribution in [0.4, 0.5) is 0 Å². The number of benzene rings is 3. The summed E-state index contributed by atoms with van der Waals surface area (Å²) in [7, 11) is -0.609. The van der Waals surface area contributed by atoms with E-state index in [1.54, 1.807) is 32.4 Å². The van der Waals surface area contributed by atoms with Crippen LogP contribution < -0.4 is 14.2 Å². The van der Waals surface area contributed by atoms with Crippen molar-refractivity contribution in [1.82, 2.24) is 14.9 Å². The molecule has 176 valence electrons. The van der Waals surface area contributed by atoms with E-state index in [0.29, 0.717) is 29.3 Å². The summed E-state index contributed by atoms with van der Waals surface area (Å²) in [5.74, 6) is 1.91. The maximum absolute atomic E-state index is 12.9. The van der Waals surface area contributed by atoms with E-state index in [1.165, 1.54) is 12.1 Å². The second-order valence-corrected chi connectivity index (χ2v) is 9.42. The first-order valence-corrected chi connectivity index (χ1v) is 12.1. The summed E-state index contributed by atoms with van der Waals surface area (Å²) in [5.41, 5.74) is 3.39. The predicted molar refractivity (Wildman–Crippen MR) is 128 cm³/mol. The molecule has 8 nitrogen and oxygen atoms in total. The average molecular weight is 480 g/mol. The molecule has 0 unspecified atom stereocenters. The number of ether oxygens (including phenoxy) is 2. The molecule has 0 radical (unpaired) electrons. The van der Waals surface area contributed by atoms with Crippen molar-refractivity contribution in [2.45, 2.75) is 18.2 Å². The molecule has 0 spiro atoms. The Kier molecular flexibility index (Phi) is 6.95. The summed E-state index contributed by atoms with van der Waals surface area (Å²) in [5, 5.41) is 4.02. The number of nitrogens with one attached hydrogen (secondary N) is 1. The SMILES string of the molecule is COc1ccc(CCNS(=O)(=O)c2cccc(-c3nc(-c4ccc(C)cc4)no3)c2)cc1OC. The molecule has 0 aliphatic heterocycles. The van der Waals surface area contributed by atoms with Crippen LogP contribution in [0.5, 0.6) is 11.5 Å². The van der Waals surface area contributed by atoms with Crippen molar-refractivity contribution in [3.05, 3.63) is 77.9 Å². The maximum atomic E-state index is 12.9. The van der Waals surface area contributed by atoms with Crippen LogP contribution in [-0.2, 0) is 16.4 Å². The third kappa shape index (κ3) is 5.27. The Morgan fingerprint density at radius 2 is 1.68 bits per heavy atom. The van der Waals surface area contributed by atoms with E-state index < -0.39 is 10.0 Å². The Morgan fingerprint density at radius 1 is 0.912 bits per heavy atom. The fraction of sp³-hybridized carbons (Fsp3) is 0.200. The largest absolute Gasteiger partial charge is 0.493 e. The van der Waals surface area contributed by atoms with Crippen molar-refractivity contribution in [3.8, 4) is 34.3 Å². The highest BCUT2D eigenvalue weighted by Gasteiger charge is 2.17. The van der Waals surface area contributed by atoms with Crippen molar-refractivity contribution < 1.29 is 22.4 Å². The number of aryl methyl sites for hydroxylation is 1. The van der Waals surface area contributed by atoms with Gasteiger partial charge >= 0.3 is 0 Å². The van der Waals surface area contributed by atoms with E-state index >= 15 is 0 Å². The molecule has 4 aromatic rings. The summed E-state index contributed by atoms with van der Waals surface area (Å²) in [4.78, 5) is 4.54. The Balaban J connectivity index is 1.46. The fourth-order valence-electron chi connectivity index (χ4n) is 3.41. The highest BCUT2D eigenvalue weighted by molar-refractivity contribution is 7.89. The van der Waals surface area contributed by atoms with Crippen LogP contribution in [-0.4, -0.2) is 39.3 Å². The Bertz CT molecular complexity index is 1380. The minimum absolute atomic E-state index is 0.118. The topological polar surface area (TPSA) is 104 Å². The van der Waals surface area contributed by atoms with Gasteiger partial charge in [-0.25, -0.2) is 13.1 Å². The molecule has 0 bridgehead atoms. The van der Waals surface area contributed by atoms with Gasteiger partial charge in [0.1, 0.15) is 0 Å². The lowest BCUT2D eigenvalue weighted by molar-refractivity contribution is 0.354. The zero-order valence-electron chi connectivity index (χ0n) is 19.1. The third-order valence-corrected chi connectivity index (χ3v) is 6.74. The molecule has 1 aromatic heterocycles. The minimum Gasteiger partial charge on any atom is -0.493 e. The summed E-state index contributed by atoms with van der Waals surface area (Å²) in [6.07, 6.45) is 0.489. The average Bonchev–Trinajstić information content (AvgIpc) is 3.35. The maximum Gasteiger partial charge on any atom is 0.258 e. The zero-order valence-corrected chi connectivity index (χ0v) is 19.9. The van der Waals surface area contributed by atoms with E-state index in [-0.39, 0.29) is 17.3 Å². The number of hydrogen-bond donors (Lipinski definition) is 1. The molecule has 3 aromatic carbocycles. The van der Waals surface area contributed by atoms with Gasteiger partial charge in [-0.3, -0.25) is 0 Å². The van der Waals surface area contributed by atoms with Crippen LogP contribution in [0.15, 0.2) is 76.1 Å². The Labute approximate surface area is 198 Å². The second kappa shape index (κ2) is 10.1. The van der Waals surface area contributed by atoms with Crippen LogP contribution in [0.3, 0.4) is 0 Å². The predicted octanol–water partition coefficient (Wildman–Crippen LogP) is 4.25. The van der Waals surface area contributed by atoms with Gasteiger partial charge in [0.05, 0.1) is 19.1 Å². The van der Waals surface area contributed by atoms with Gasteiger partial charge in [-0.1, -0.05) is 47.1 Å². The van der Waals surface area contributed by atoms with Crippen LogP contribution in [0, 0.1) is 6.92 Å². The highest BCUT2D eigenvalue weighted by atomic mass is 32.2. The standard InChI is InChI=1S/C25H25N3O5S/c1-17-7-10-19(11-8-17)24-27-25(33-28-24)20-5-4-6-21(16-20)34(29,30)26-14-13-18-9-12-22(31-2)23(15-18)32-3/h4-12,15-16,26H,13-14H2,1-3H3. The van der Waals surface area contributed by atoms with Crippen LogP contribution >= 0.6 is 0 Å². The molecule has 0 aliphatic carbocycles. The smallest absolute Gasteiger partial charge is 0.258 e. The molecule has 1 N–H and O–H groups in total. The lowest BCUT2D eigenvalue weighted by atomic mass is 10.1. The molecule has 4 rings (SSSR count). The van der Waals surface area contributed by atoms with Gasteiger partial charge in [-0.2, -0.15) is 4.98 Å². The fourth-order valence-corrected chi connectivity index (χ4v) is 4.48.